The molecule has 1 nitrogen and oxygen atoms in total. The molecule has 0 radical (unpaired) electrons. The number of fused-ring (bicyclic) bond motifs is 6. The fourth-order valence-electron chi connectivity index (χ4n) is 10.6. The Morgan fingerprint density at radius 3 is 1.31 bits per heavy atom. The van der Waals surface area contributed by atoms with E-state index in [-0.39, 0.29) is 0 Å². The minimum absolute atomic E-state index is 1.11. The van der Waals surface area contributed by atoms with Crippen LogP contribution in [0.15, 0.2) is 261 Å². The Bertz CT molecular complexity index is 3410. The molecule has 0 N–H and O–H groups in total. The predicted molar refractivity (Wildman–Crippen MR) is 275 cm³/mol. The van der Waals surface area contributed by atoms with Crippen LogP contribution in [-0.4, -0.2) is 8.07 Å². The lowest BCUT2D eigenvalue weighted by atomic mass is 9.91. The molecule has 0 aliphatic carbocycles. The van der Waals surface area contributed by atoms with E-state index in [0.29, 0.717) is 0 Å². The molecular formula is C62H43NSi. The van der Waals surface area contributed by atoms with Gasteiger partial charge >= 0.3 is 0 Å². The van der Waals surface area contributed by atoms with Crippen molar-refractivity contribution >= 4 is 67.4 Å². The number of rotatable bonds is 8. The van der Waals surface area contributed by atoms with Gasteiger partial charge in [-0.3, -0.25) is 0 Å². The number of benzene rings is 11. The van der Waals surface area contributed by atoms with Gasteiger partial charge in [0, 0.05) is 17.1 Å². The van der Waals surface area contributed by atoms with Gasteiger partial charge in [-0.15, -0.1) is 0 Å². The summed E-state index contributed by atoms with van der Waals surface area (Å²) < 4.78 is 0. The lowest BCUT2D eigenvalue weighted by molar-refractivity contribution is 1.29. The molecule has 300 valence electrons. The van der Waals surface area contributed by atoms with Gasteiger partial charge in [0.1, 0.15) is 0 Å². The predicted octanol–water partition coefficient (Wildman–Crippen LogP) is 13.8. The lowest BCUT2D eigenvalue weighted by Gasteiger charge is -2.36. The highest BCUT2D eigenvalue weighted by Crippen LogP contribution is 2.43. The van der Waals surface area contributed by atoms with Crippen molar-refractivity contribution in [3.05, 3.63) is 261 Å². The molecular weight excluding hydrogens is 787 g/mol. The van der Waals surface area contributed by atoms with Gasteiger partial charge in [0.25, 0.3) is 0 Å². The van der Waals surface area contributed by atoms with Crippen LogP contribution in [0.25, 0.3) is 66.1 Å². The van der Waals surface area contributed by atoms with Crippen LogP contribution in [-0.2, 0) is 0 Å². The Kier molecular flexibility index (Phi) is 9.25. The van der Waals surface area contributed by atoms with E-state index in [0.717, 1.165) is 11.4 Å². The smallest absolute Gasteiger partial charge is 0.183 e. The van der Waals surface area contributed by atoms with E-state index in [1.165, 1.54) is 92.5 Å². The summed E-state index contributed by atoms with van der Waals surface area (Å²) in [5, 5.41) is 10.7. The van der Waals surface area contributed by atoms with Crippen molar-refractivity contribution in [2.45, 2.75) is 0 Å². The molecule has 64 heavy (non-hydrogen) atoms. The number of anilines is 3. The van der Waals surface area contributed by atoms with Crippen LogP contribution in [0.2, 0.25) is 0 Å². The van der Waals surface area contributed by atoms with Gasteiger partial charge in [-0.05, 0) is 117 Å². The summed E-state index contributed by atoms with van der Waals surface area (Å²) in [6.07, 6.45) is 0. The third kappa shape index (κ3) is 6.06. The zero-order chi connectivity index (χ0) is 42.5. The third-order valence-electron chi connectivity index (χ3n) is 13.3. The number of hydrogen-bond donors (Lipinski definition) is 0. The highest BCUT2D eigenvalue weighted by Gasteiger charge is 2.51. The van der Waals surface area contributed by atoms with Crippen LogP contribution in [0.5, 0.6) is 0 Å². The van der Waals surface area contributed by atoms with Crippen molar-refractivity contribution in [2.75, 3.05) is 4.90 Å². The number of nitrogens with zero attached hydrogens (tertiary/aromatic N) is 1. The molecule has 0 bridgehead atoms. The minimum Gasteiger partial charge on any atom is -0.311 e. The molecule has 0 spiro atoms. The molecule has 11 aromatic rings. The molecule has 0 unspecified atom stereocenters. The lowest BCUT2D eigenvalue weighted by Crippen LogP contribution is -2.73. The van der Waals surface area contributed by atoms with Gasteiger partial charge < -0.3 is 4.90 Å². The monoisotopic (exact) mass is 829 g/mol. The Hall–Kier alpha value is -8.04. The molecule has 0 fully saturated rings. The topological polar surface area (TPSA) is 3.24 Å². The molecule has 1 heterocycles. The molecule has 2 heteroatoms. The van der Waals surface area contributed by atoms with Crippen LogP contribution in [0.1, 0.15) is 0 Å². The fourth-order valence-corrected chi connectivity index (χ4v) is 16.2. The Morgan fingerprint density at radius 2 is 0.703 bits per heavy atom. The molecule has 0 amide bonds. The van der Waals surface area contributed by atoms with Crippen molar-refractivity contribution in [1.29, 1.82) is 0 Å². The van der Waals surface area contributed by atoms with Gasteiger partial charge in [-0.1, -0.05) is 231 Å². The zero-order valence-corrected chi connectivity index (χ0v) is 36.3. The summed E-state index contributed by atoms with van der Waals surface area (Å²) in [6.45, 7) is 0. The first-order valence-electron chi connectivity index (χ1n) is 22.2. The second-order valence-electron chi connectivity index (χ2n) is 16.8. The summed E-state index contributed by atoms with van der Waals surface area (Å²) in [4.78, 5) is 2.53. The summed E-state index contributed by atoms with van der Waals surface area (Å²) in [6, 6.07) is 96.8. The highest BCUT2D eigenvalue weighted by atomic mass is 28.3. The highest BCUT2D eigenvalue weighted by molar-refractivity contribution is 7.23. The van der Waals surface area contributed by atoms with Crippen LogP contribution in [0.4, 0.5) is 17.1 Å². The first-order chi connectivity index (χ1) is 31.8. The standard InChI is InChI=1S/C62H43NSi/c1-5-18-44(19-6-1)45-34-39-50(40-35-45)63(51-41-36-48(37-42-51)55-31-16-24-49-23-15-30-54(60(49)55)46-20-7-2-8-21-46)59-33-17-32-57-58-43-38-47-22-13-14-29-56(47)61(58)64(62(57)59,52-25-9-3-10-26-52)53-27-11-4-12-28-53/h1-43H. The van der Waals surface area contributed by atoms with Crippen molar-refractivity contribution in [3.8, 4) is 44.5 Å². The maximum atomic E-state index is 2.53. The normalized spacial score (nSPS) is 12.5. The number of hydrogen-bond acceptors (Lipinski definition) is 1. The Balaban J connectivity index is 1.11. The quantitative estimate of drug-likeness (QED) is 0.138. The van der Waals surface area contributed by atoms with E-state index in [4.69, 9.17) is 0 Å². The van der Waals surface area contributed by atoms with Crippen LogP contribution in [0, 0.1) is 0 Å². The summed E-state index contributed by atoms with van der Waals surface area (Å²) >= 11 is 0. The SMILES string of the molecule is c1ccc(-c2ccc(N(c3ccc(-c4cccc5cccc(-c6ccccc6)c45)cc3)c3cccc4c3[Si](c3ccccc3)(c3ccccc3)c3c-4ccc4ccccc34)cc2)cc1. The van der Waals surface area contributed by atoms with Gasteiger partial charge in [0.05, 0.1) is 0 Å². The first kappa shape index (κ1) is 37.7. The molecule has 12 rings (SSSR count). The minimum atomic E-state index is -3.00. The van der Waals surface area contributed by atoms with E-state index < -0.39 is 8.07 Å². The third-order valence-corrected chi connectivity index (χ3v) is 18.3. The summed E-state index contributed by atoms with van der Waals surface area (Å²) in [5.41, 5.74) is 13.3. The van der Waals surface area contributed by atoms with E-state index in [9.17, 15) is 0 Å². The van der Waals surface area contributed by atoms with E-state index in [2.05, 4.69) is 266 Å². The van der Waals surface area contributed by atoms with Gasteiger partial charge in [0.2, 0.25) is 0 Å². The van der Waals surface area contributed by atoms with Crippen molar-refractivity contribution in [3.63, 3.8) is 0 Å². The van der Waals surface area contributed by atoms with E-state index >= 15 is 0 Å². The maximum absolute atomic E-state index is 3.00. The summed E-state index contributed by atoms with van der Waals surface area (Å²) in [7, 11) is -3.00. The molecule has 0 atom stereocenters. The molecule has 1 aliphatic rings. The van der Waals surface area contributed by atoms with Crippen LogP contribution in [0.3, 0.4) is 0 Å². The Labute approximate surface area is 375 Å². The molecule has 0 saturated carbocycles. The van der Waals surface area contributed by atoms with Gasteiger partial charge in [-0.2, -0.15) is 0 Å². The molecule has 0 saturated heterocycles. The second-order valence-corrected chi connectivity index (χ2v) is 20.4. The molecule has 0 aromatic heterocycles. The van der Waals surface area contributed by atoms with Crippen LogP contribution < -0.4 is 25.6 Å². The fraction of sp³-hybridized carbons (Fsp3) is 0. The van der Waals surface area contributed by atoms with Crippen molar-refractivity contribution in [2.24, 2.45) is 0 Å². The van der Waals surface area contributed by atoms with E-state index in [1.807, 2.05) is 0 Å². The molecule has 1 aliphatic heterocycles. The maximum Gasteiger partial charge on any atom is 0.183 e. The average Bonchev–Trinajstić information content (AvgIpc) is 3.70. The average molecular weight is 830 g/mol. The van der Waals surface area contributed by atoms with Crippen molar-refractivity contribution < 1.29 is 0 Å². The molecule has 11 aromatic carbocycles. The second kappa shape index (κ2) is 15.7. The first-order valence-corrected chi connectivity index (χ1v) is 24.2. The van der Waals surface area contributed by atoms with Crippen LogP contribution >= 0.6 is 0 Å². The Morgan fingerprint density at radius 1 is 0.266 bits per heavy atom. The van der Waals surface area contributed by atoms with Gasteiger partial charge in [0.15, 0.2) is 8.07 Å². The van der Waals surface area contributed by atoms with Gasteiger partial charge in [-0.25, -0.2) is 0 Å². The summed E-state index contributed by atoms with van der Waals surface area (Å²) in [5.74, 6) is 0. The van der Waals surface area contributed by atoms with Crippen molar-refractivity contribution in [1.82, 2.24) is 0 Å². The zero-order valence-electron chi connectivity index (χ0n) is 35.3. The van der Waals surface area contributed by atoms with E-state index in [1.54, 1.807) is 0 Å². The largest absolute Gasteiger partial charge is 0.311 e.